The van der Waals surface area contributed by atoms with Crippen LogP contribution in [0.15, 0.2) is 11.6 Å². The van der Waals surface area contributed by atoms with E-state index < -0.39 is 11.9 Å². The van der Waals surface area contributed by atoms with E-state index >= 15 is 0 Å². The maximum Gasteiger partial charge on any atom is 0.345 e. The molecule has 0 rings (SSSR count). The summed E-state index contributed by atoms with van der Waals surface area (Å²) < 4.78 is 9.79. The molecule has 0 aliphatic carbocycles. The molecule has 0 fully saturated rings. The number of unbranched alkanes of at least 4 members (excludes halogenated alkanes) is 8. The molecule has 0 spiro atoms. The van der Waals surface area contributed by atoms with E-state index in [1.165, 1.54) is 38.5 Å². The van der Waals surface area contributed by atoms with Crippen LogP contribution in [0.3, 0.4) is 0 Å². The first-order chi connectivity index (χ1) is 10.7. The Kier molecular flexibility index (Phi) is 13.7. The van der Waals surface area contributed by atoms with Gasteiger partial charge in [-0.15, -0.1) is 0 Å². The third kappa shape index (κ3) is 10.4. The Morgan fingerprint density at radius 2 is 1.18 bits per heavy atom. The molecule has 128 valence electrons. The Hall–Kier alpha value is -1.32. The van der Waals surface area contributed by atoms with Crippen molar-refractivity contribution < 1.29 is 19.1 Å². The molecule has 4 nitrogen and oxygen atoms in total. The van der Waals surface area contributed by atoms with Crippen LogP contribution in [0, 0.1) is 0 Å². The zero-order valence-corrected chi connectivity index (χ0v) is 14.5. The number of carbonyl (C=O) groups is 2. The van der Waals surface area contributed by atoms with E-state index in [-0.39, 0.29) is 18.8 Å². The molecule has 0 aliphatic rings. The van der Waals surface area contributed by atoms with E-state index in [1.54, 1.807) is 19.9 Å². The van der Waals surface area contributed by atoms with Crippen molar-refractivity contribution in [1.82, 2.24) is 0 Å². The fourth-order valence-electron chi connectivity index (χ4n) is 2.19. The lowest BCUT2D eigenvalue weighted by atomic mass is 10.1. The van der Waals surface area contributed by atoms with Crippen molar-refractivity contribution in [1.29, 1.82) is 0 Å². The smallest absolute Gasteiger partial charge is 0.345 e. The van der Waals surface area contributed by atoms with Crippen LogP contribution in [0.5, 0.6) is 0 Å². The number of esters is 2. The highest BCUT2D eigenvalue weighted by Gasteiger charge is 2.20. The van der Waals surface area contributed by atoms with Crippen LogP contribution in [-0.4, -0.2) is 25.2 Å². The standard InChI is InChI=1S/C18H32O4/c1-4-7-8-9-10-11-12-13-14-15-16(17(19)21-5-2)18(20)22-6-3/h15H,4-14H2,1-3H3. The average Bonchev–Trinajstić information content (AvgIpc) is 2.49. The molecule has 0 aliphatic heterocycles. The van der Waals surface area contributed by atoms with Crippen molar-refractivity contribution in [3.05, 3.63) is 11.6 Å². The summed E-state index contributed by atoms with van der Waals surface area (Å²) in [7, 11) is 0. The van der Waals surface area contributed by atoms with Gasteiger partial charge in [0.15, 0.2) is 0 Å². The highest BCUT2D eigenvalue weighted by atomic mass is 16.6. The fourth-order valence-corrected chi connectivity index (χ4v) is 2.19. The van der Waals surface area contributed by atoms with Crippen molar-refractivity contribution in [2.75, 3.05) is 13.2 Å². The molecule has 0 saturated carbocycles. The van der Waals surface area contributed by atoms with Gasteiger partial charge in [0.05, 0.1) is 13.2 Å². The Morgan fingerprint density at radius 3 is 1.64 bits per heavy atom. The number of rotatable bonds is 13. The van der Waals surface area contributed by atoms with Gasteiger partial charge >= 0.3 is 11.9 Å². The molecule has 0 aromatic rings. The van der Waals surface area contributed by atoms with Crippen molar-refractivity contribution in [3.63, 3.8) is 0 Å². The number of ether oxygens (including phenoxy) is 2. The molecule has 0 amide bonds. The summed E-state index contributed by atoms with van der Waals surface area (Å²) >= 11 is 0. The Balaban J connectivity index is 4.04. The first kappa shape index (κ1) is 20.7. The highest BCUT2D eigenvalue weighted by molar-refractivity contribution is 6.14. The molecule has 0 bridgehead atoms. The lowest BCUT2D eigenvalue weighted by Gasteiger charge is -2.06. The average molecular weight is 312 g/mol. The number of carbonyl (C=O) groups excluding carboxylic acids is 2. The number of hydrogen-bond acceptors (Lipinski definition) is 4. The quantitative estimate of drug-likeness (QED) is 0.164. The largest absolute Gasteiger partial charge is 0.462 e. The summed E-state index contributed by atoms with van der Waals surface area (Å²) in [6.07, 6.45) is 12.2. The van der Waals surface area contributed by atoms with E-state index in [0.717, 1.165) is 12.8 Å². The Labute approximate surface area is 135 Å². The van der Waals surface area contributed by atoms with Gasteiger partial charge in [0.2, 0.25) is 0 Å². The fraction of sp³-hybridized carbons (Fsp3) is 0.778. The summed E-state index contributed by atoms with van der Waals surface area (Å²) in [6.45, 7) is 6.18. The van der Waals surface area contributed by atoms with Crippen LogP contribution < -0.4 is 0 Å². The van der Waals surface area contributed by atoms with Crippen LogP contribution in [0.25, 0.3) is 0 Å². The normalized spacial score (nSPS) is 10.1. The van der Waals surface area contributed by atoms with Crippen LogP contribution in [0.1, 0.15) is 78.6 Å². The van der Waals surface area contributed by atoms with Gasteiger partial charge in [0.25, 0.3) is 0 Å². The van der Waals surface area contributed by atoms with E-state index in [0.29, 0.717) is 6.42 Å². The van der Waals surface area contributed by atoms with Gasteiger partial charge < -0.3 is 9.47 Å². The van der Waals surface area contributed by atoms with Gasteiger partial charge in [0.1, 0.15) is 5.57 Å². The first-order valence-corrected chi connectivity index (χ1v) is 8.71. The maximum absolute atomic E-state index is 11.7. The van der Waals surface area contributed by atoms with Crippen LogP contribution in [-0.2, 0) is 19.1 Å². The zero-order valence-electron chi connectivity index (χ0n) is 14.5. The minimum atomic E-state index is -0.583. The summed E-state index contributed by atoms with van der Waals surface area (Å²) in [5.74, 6) is -1.17. The minimum Gasteiger partial charge on any atom is -0.462 e. The molecular weight excluding hydrogens is 280 g/mol. The third-order valence-electron chi connectivity index (χ3n) is 3.40. The third-order valence-corrected chi connectivity index (χ3v) is 3.40. The van der Waals surface area contributed by atoms with Crippen molar-refractivity contribution in [2.45, 2.75) is 78.6 Å². The molecule has 0 radical (unpaired) electrons. The topological polar surface area (TPSA) is 52.6 Å². The molecule has 0 heterocycles. The Bertz CT molecular complexity index is 314. The number of hydrogen-bond donors (Lipinski definition) is 0. The molecule has 0 aromatic carbocycles. The van der Waals surface area contributed by atoms with Gasteiger partial charge in [-0.05, 0) is 26.7 Å². The SMILES string of the molecule is CCCCCCCCCCC=C(C(=O)OCC)C(=O)OCC. The molecule has 0 saturated heterocycles. The lowest BCUT2D eigenvalue weighted by Crippen LogP contribution is -2.18. The van der Waals surface area contributed by atoms with Crippen molar-refractivity contribution in [3.8, 4) is 0 Å². The molecule has 22 heavy (non-hydrogen) atoms. The molecule has 0 unspecified atom stereocenters. The first-order valence-electron chi connectivity index (χ1n) is 8.71. The molecule has 0 N–H and O–H groups in total. The predicted molar refractivity (Wildman–Crippen MR) is 88.6 cm³/mol. The van der Waals surface area contributed by atoms with Gasteiger partial charge in [0, 0.05) is 0 Å². The van der Waals surface area contributed by atoms with Gasteiger partial charge in [-0.3, -0.25) is 0 Å². The molecular formula is C18H32O4. The second kappa shape index (κ2) is 14.6. The van der Waals surface area contributed by atoms with Crippen LogP contribution >= 0.6 is 0 Å². The summed E-state index contributed by atoms with van der Waals surface area (Å²) in [5, 5.41) is 0. The molecule has 4 heteroatoms. The number of allylic oxidation sites excluding steroid dienone is 1. The van der Waals surface area contributed by atoms with Crippen LogP contribution in [0.2, 0.25) is 0 Å². The zero-order chi connectivity index (χ0) is 16.6. The van der Waals surface area contributed by atoms with E-state index in [9.17, 15) is 9.59 Å². The minimum absolute atomic E-state index is 0.0339. The summed E-state index contributed by atoms with van der Waals surface area (Å²) in [5.41, 5.74) is 0.0339. The van der Waals surface area contributed by atoms with E-state index in [2.05, 4.69) is 6.92 Å². The summed E-state index contributed by atoms with van der Waals surface area (Å²) in [6, 6.07) is 0. The monoisotopic (exact) mass is 312 g/mol. The lowest BCUT2D eigenvalue weighted by molar-refractivity contribution is -0.146. The van der Waals surface area contributed by atoms with Crippen LogP contribution in [0.4, 0.5) is 0 Å². The van der Waals surface area contributed by atoms with Gasteiger partial charge in [-0.25, -0.2) is 9.59 Å². The second-order valence-electron chi connectivity index (χ2n) is 5.32. The molecule has 0 atom stereocenters. The second-order valence-corrected chi connectivity index (χ2v) is 5.32. The Morgan fingerprint density at radius 1 is 0.727 bits per heavy atom. The summed E-state index contributed by atoms with van der Waals surface area (Å²) in [4.78, 5) is 23.5. The van der Waals surface area contributed by atoms with Crippen molar-refractivity contribution >= 4 is 11.9 Å². The van der Waals surface area contributed by atoms with E-state index in [1.807, 2.05) is 0 Å². The van der Waals surface area contributed by atoms with Gasteiger partial charge in [-0.1, -0.05) is 57.9 Å². The predicted octanol–water partition coefficient (Wildman–Crippen LogP) is 4.57. The van der Waals surface area contributed by atoms with Gasteiger partial charge in [-0.2, -0.15) is 0 Å². The van der Waals surface area contributed by atoms with E-state index in [4.69, 9.17) is 9.47 Å². The highest BCUT2D eigenvalue weighted by Crippen LogP contribution is 2.11. The van der Waals surface area contributed by atoms with Crippen molar-refractivity contribution in [2.24, 2.45) is 0 Å². The molecule has 0 aromatic heterocycles. The maximum atomic E-state index is 11.7.